The number of rotatable bonds is 14. The quantitative estimate of drug-likeness (QED) is 0.0785. The third kappa shape index (κ3) is 14.1. The van der Waals surface area contributed by atoms with Gasteiger partial charge in [-0.15, -0.1) is 0 Å². The number of methoxy groups -OCH3 is 2. The lowest BCUT2D eigenvalue weighted by molar-refractivity contribution is -0.162. The van der Waals surface area contributed by atoms with Crippen molar-refractivity contribution in [1.82, 2.24) is 10.2 Å². The molecule has 0 aromatic heterocycles. The van der Waals surface area contributed by atoms with Gasteiger partial charge in [0.25, 0.3) is 0 Å². The van der Waals surface area contributed by atoms with E-state index in [-0.39, 0.29) is 36.1 Å². The first-order valence-corrected chi connectivity index (χ1v) is 26.4. The first-order chi connectivity index (χ1) is 31.4. The summed E-state index contributed by atoms with van der Waals surface area (Å²) < 4.78 is 29.5. The van der Waals surface area contributed by atoms with Crippen molar-refractivity contribution in [3.8, 4) is 5.75 Å². The number of hydrogen-bond acceptors (Lipinski definition) is 13. The van der Waals surface area contributed by atoms with Crippen LogP contribution in [0.3, 0.4) is 0 Å². The zero-order chi connectivity index (χ0) is 48.2. The minimum absolute atomic E-state index is 0.0571. The molecule has 5 rings (SSSR count). The number of benzene rings is 1. The van der Waals surface area contributed by atoms with Crippen molar-refractivity contribution in [2.75, 3.05) is 44.7 Å². The van der Waals surface area contributed by atoms with E-state index in [1.165, 1.54) is 56.1 Å². The highest BCUT2D eigenvalue weighted by Crippen LogP contribution is 2.49. The molecule has 4 bridgehead atoms. The van der Waals surface area contributed by atoms with Crippen LogP contribution in [0.2, 0.25) is 5.02 Å². The summed E-state index contributed by atoms with van der Waals surface area (Å²) in [5.74, 6) is 0.370. The van der Waals surface area contributed by atoms with Gasteiger partial charge in [-0.25, -0.2) is 9.59 Å². The Morgan fingerprint density at radius 2 is 1.71 bits per heavy atom. The molecule has 1 saturated carbocycles. The van der Waals surface area contributed by atoms with Crippen molar-refractivity contribution < 1.29 is 52.8 Å². The predicted octanol–water partition coefficient (Wildman–Crippen LogP) is 8.78. The van der Waals surface area contributed by atoms with Crippen molar-refractivity contribution in [2.24, 2.45) is 11.8 Å². The Bertz CT molecular complexity index is 1930. The molecule has 4 aliphatic rings. The molecule has 2 N–H and O–H groups in total. The molecular formula is C49H72ClN3O11S2. The number of alkyl carbamates (subject to hydrolysis) is 1. The van der Waals surface area contributed by atoms with Crippen LogP contribution in [0.15, 0.2) is 35.9 Å². The second-order valence-corrected chi connectivity index (χ2v) is 21.7. The lowest BCUT2D eigenvalue weighted by atomic mass is 9.83. The van der Waals surface area contributed by atoms with Crippen molar-refractivity contribution in [1.29, 1.82) is 0 Å². The predicted molar refractivity (Wildman–Crippen MR) is 260 cm³/mol. The molecule has 66 heavy (non-hydrogen) atoms. The maximum absolute atomic E-state index is 14.3. The second kappa shape index (κ2) is 24.8. The minimum atomic E-state index is -1.84. The number of carbonyl (C=O) groups excluding carboxylic acids is 5. The van der Waals surface area contributed by atoms with E-state index in [2.05, 4.69) is 5.32 Å². The number of Topliss-reactive ketones (excluding diaryl/α,β-unsaturated/α-hetero) is 1. The number of likely N-dealkylation sites (N-methyl/N-ethyl adjacent to an activating group) is 1. The van der Waals surface area contributed by atoms with Crippen LogP contribution in [0.25, 0.3) is 0 Å². The summed E-state index contributed by atoms with van der Waals surface area (Å²) in [6.45, 7) is 7.04. The number of ketones is 1. The fourth-order valence-electron chi connectivity index (χ4n) is 9.28. The minimum Gasteiger partial charge on any atom is -0.495 e. The zero-order valence-corrected chi connectivity index (χ0v) is 42.5. The summed E-state index contributed by atoms with van der Waals surface area (Å²) >= 11 is 6.82. The number of anilines is 1. The molecule has 2 saturated heterocycles. The highest BCUT2D eigenvalue weighted by molar-refractivity contribution is 8.76. The molecule has 3 aliphatic heterocycles. The van der Waals surface area contributed by atoms with E-state index >= 15 is 0 Å². The van der Waals surface area contributed by atoms with Gasteiger partial charge in [-0.05, 0) is 64.2 Å². The SMILES string of the molecule is COc1cc2cc(c1Cl)N(C)C(=O)C[C@@H](OC(=O)[C@@H](C)N(C)C(=O)CCSSCCCC(=O)C1CCCCCCCCC1)[C@@]1(C)O[C@@H]1[C@@H](C)[C@H]1C[C@](O)(NC(=O)O1)[C@@H](OC)/C=C/C=C(\C)C2. The summed E-state index contributed by atoms with van der Waals surface area (Å²) in [5.41, 5.74) is -0.951. The van der Waals surface area contributed by atoms with Crippen LogP contribution >= 0.6 is 33.2 Å². The molecule has 0 spiro atoms. The van der Waals surface area contributed by atoms with Crippen LogP contribution in [0.4, 0.5) is 10.5 Å². The zero-order valence-electron chi connectivity index (χ0n) is 40.1. The van der Waals surface area contributed by atoms with E-state index in [0.29, 0.717) is 35.8 Å². The molecule has 3 fully saturated rings. The molecule has 14 nitrogen and oxygen atoms in total. The van der Waals surface area contributed by atoms with Crippen LogP contribution in [0.5, 0.6) is 5.75 Å². The number of carbonyl (C=O) groups is 5. The highest BCUT2D eigenvalue weighted by Gasteiger charge is 2.64. The number of fused-ring (bicyclic) bond motifs is 5. The van der Waals surface area contributed by atoms with Crippen LogP contribution in [0.1, 0.15) is 123 Å². The average molecular weight is 979 g/mol. The maximum Gasteiger partial charge on any atom is 0.409 e. The first-order valence-electron chi connectivity index (χ1n) is 23.5. The van der Waals surface area contributed by atoms with E-state index in [0.717, 1.165) is 49.0 Å². The summed E-state index contributed by atoms with van der Waals surface area (Å²) in [5, 5.41) is 14.6. The fourth-order valence-corrected chi connectivity index (χ4v) is 11.7. The van der Waals surface area contributed by atoms with Crippen molar-refractivity contribution in [2.45, 2.75) is 166 Å². The number of aliphatic hydroxyl groups is 1. The molecule has 368 valence electrons. The fraction of sp³-hybridized carbons (Fsp3) is 0.694. The van der Waals surface area contributed by atoms with E-state index in [1.807, 2.05) is 19.9 Å². The molecule has 17 heteroatoms. The van der Waals surface area contributed by atoms with Gasteiger partial charge in [0, 0.05) is 63.8 Å². The van der Waals surface area contributed by atoms with E-state index < -0.39 is 65.7 Å². The van der Waals surface area contributed by atoms with Gasteiger partial charge in [0.2, 0.25) is 11.8 Å². The molecule has 1 aromatic carbocycles. The lowest BCUT2D eigenvalue weighted by Gasteiger charge is -2.42. The number of allylic oxidation sites excluding steroid dienone is 3. The van der Waals surface area contributed by atoms with Gasteiger partial charge >= 0.3 is 12.1 Å². The number of ether oxygens (including phenoxy) is 5. The Kier molecular flexibility index (Phi) is 20.2. The van der Waals surface area contributed by atoms with Gasteiger partial charge in [0.05, 0.1) is 25.3 Å². The van der Waals surface area contributed by atoms with E-state index in [9.17, 15) is 29.1 Å². The number of nitrogens with zero attached hydrogens (tertiary/aromatic N) is 2. The Morgan fingerprint density at radius 1 is 1.05 bits per heavy atom. The van der Waals surface area contributed by atoms with Crippen molar-refractivity contribution in [3.05, 3.63) is 46.5 Å². The number of epoxide rings is 1. The topological polar surface area (TPSA) is 174 Å². The van der Waals surface area contributed by atoms with Crippen molar-refractivity contribution >= 4 is 68.5 Å². The normalized spacial score (nSPS) is 29.8. The molecule has 3 heterocycles. The molecule has 1 aromatic rings. The molecular weight excluding hydrogens is 906 g/mol. The smallest absolute Gasteiger partial charge is 0.409 e. The Morgan fingerprint density at radius 3 is 2.38 bits per heavy atom. The third-order valence-electron chi connectivity index (χ3n) is 13.7. The molecule has 3 amide bonds. The van der Waals surface area contributed by atoms with Crippen LogP contribution in [-0.2, 0) is 44.5 Å². The molecule has 0 radical (unpaired) electrons. The summed E-state index contributed by atoms with van der Waals surface area (Å²) in [6.07, 6.45) is 13.1. The van der Waals surface area contributed by atoms with E-state index in [1.54, 1.807) is 73.8 Å². The molecule has 8 atom stereocenters. The lowest BCUT2D eigenvalue weighted by Crippen LogP contribution is -2.63. The van der Waals surface area contributed by atoms with Crippen molar-refractivity contribution in [3.63, 3.8) is 0 Å². The van der Waals surface area contributed by atoms with Gasteiger partial charge in [0.15, 0.2) is 5.72 Å². The van der Waals surface area contributed by atoms with Crippen LogP contribution < -0.4 is 15.0 Å². The molecule has 1 aliphatic carbocycles. The Labute approximate surface area is 404 Å². The summed E-state index contributed by atoms with van der Waals surface area (Å²) in [7, 11) is 9.30. The van der Waals surface area contributed by atoms with Crippen LogP contribution in [-0.4, -0.2) is 121 Å². The highest BCUT2D eigenvalue weighted by atomic mass is 35.5. The van der Waals surface area contributed by atoms with E-state index in [4.69, 9.17) is 35.3 Å². The maximum atomic E-state index is 14.3. The summed E-state index contributed by atoms with van der Waals surface area (Å²) in [6, 6.07) is 2.60. The van der Waals surface area contributed by atoms with Gasteiger partial charge < -0.3 is 38.6 Å². The van der Waals surface area contributed by atoms with Gasteiger partial charge in [-0.3, -0.25) is 19.7 Å². The molecule has 0 unspecified atom stereocenters. The van der Waals surface area contributed by atoms with Crippen LogP contribution in [0, 0.1) is 11.8 Å². The van der Waals surface area contributed by atoms with Gasteiger partial charge in [-0.1, -0.05) is 109 Å². The largest absolute Gasteiger partial charge is 0.495 e. The second-order valence-electron chi connectivity index (χ2n) is 18.6. The first kappa shape index (κ1) is 53.7. The monoisotopic (exact) mass is 977 g/mol. The average Bonchev–Trinajstić information content (AvgIpc) is 3.99. The van der Waals surface area contributed by atoms with Gasteiger partial charge in [-0.2, -0.15) is 0 Å². The number of halogens is 1. The Hall–Kier alpha value is -3.28. The number of esters is 1. The Balaban J connectivity index is 1.26. The number of amides is 3. The number of hydrogen-bond donors (Lipinski definition) is 2. The van der Waals surface area contributed by atoms with Gasteiger partial charge in [0.1, 0.15) is 46.5 Å². The summed E-state index contributed by atoms with van der Waals surface area (Å²) in [4.78, 5) is 70.4. The standard InChI is InChI=1S/C49H72ClN3O11S2/c1-31-18-16-22-40(61-8)49(59)30-39(62-47(58)51-49)32(2)45-48(4,64-45)41(29-43(56)53(6)36-27-34(26-31)28-38(60-7)44(36)50)63-46(57)33(3)52(5)42(55)23-25-66-65-24-17-21-37(54)35-19-14-12-10-9-11-13-15-20-35/h16,18,22,27-28,32-33,35,39-41,45,59H,9-15,17,19-21,23-26,29-30H2,1-8H3,(H,51,58)/b22-16+,31-18+/t32-,33+,39+,40-,41+,45+,48+,49+/m0/s1. The third-order valence-corrected chi connectivity index (χ3v) is 16.6. The number of nitrogens with one attached hydrogen (secondary N) is 1.